The highest BCUT2D eigenvalue weighted by molar-refractivity contribution is 5.80. The minimum atomic E-state index is -0.984. The van der Waals surface area contributed by atoms with Crippen molar-refractivity contribution in [3.8, 4) is 0 Å². The van der Waals surface area contributed by atoms with Crippen molar-refractivity contribution < 1.29 is 19.5 Å². The van der Waals surface area contributed by atoms with Crippen molar-refractivity contribution >= 4 is 17.8 Å². The third-order valence-corrected chi connectivity index (χ3v) is 4.80. The van der Waals surface area contributed by atoms with Crippen LogP contribution < -0.4 is 5.32 Å². The SMILES string of the molecule is CC(=O)NCCN(CC(=O)N(Cc1ccc(C)cc1)C1CC1)C(C)C(=O)O. The zero-order valence-corrected chi connectivity index (χ0v) is 16.3. The monoisotopic (exact) mass is 375 g/mol. The first-order chi connectivity index (χ1) is 12.8. The van der Waals surface area contributed by atoms with Crippen LogP contribution in [-0.2, 0) is 20.9 Å². The number of nitrogens with one attached hydrogen (secondary N) is 1. The number of rotatable bonds is 10. The van der Waals surface area contributed by atoms with E-state index in [1.54, 1.807) is 11.8 Å². The summed E-state index contributed by atoms with van der Waals surface area (Å²) in [5.41, 5.74) is 2.24. The molecule has 1 unspecified atom stereocenters. The molecule has 1 aromatic rings. The molecule has 1 aliphatic rings. The van der Waals surface area contributed by atoms with Gasteiger partial charge in [-0.15, -0.1) is 0 Å². The Morgan fingerprint density at radius 2 is 1.85 bits per heavy atom. The topological polar surface area (TPSA) is 90.0 Å². The van der Waals surface area contributed by atoms with E-state index in [4.69, 9.17) is 0 Å². The Morgan fingerprint density at radius 3 is 2.37 bits per heavy atom. The van der Waals surface area contributed by atoms with Gasteiger partial charge in [0.1, 0.15) is 6.04 Å². The fourth-order valence-electron chi connectivity index (χ4n) is 2.90. The Hall–Kier alpha value is -2.41. The van der Waals surface area contributed by atoms with E-state index in [1.807, 2.05) is 36.1 Å². The molecule has 1 aromatic carbocycles. The summed E-state index contributed by atoms with van der Waals surface area (Å²) >= 11 is 0. The minimum Gasteiger partial charge on any atom is -0.480 e. The van der Waals surface area contributed by atoms with Gasteiger partial charge in [-0.1, -0.05) is 29.8 Å². The molecule has 0 aromatic heterocycles. The average Bonchev–Trinajstić information content (AvgIpc) is 3.44. The average molecular weight is 375 g/mol. The van der Waals surface area contributed by atoms with E-state index in [-0.39, 0.29) is 24.4 Å². The molecule has 0 spiro atoms. The number of hydrogen-bond donors (Lipinski definition) is 2. The maximum atomic E-state index is 12.9. The van der Waals surface area contributed by atoms with E-state index in [9.17, 15) is 19.5 Å². The molecule has 0 aliphatic heterocycles. The zero-order valence-electron chi connectivity index (χ0n) is 16.3. The molecule has 1 atom stereocenters. The second kappa shape index (κ2) is 9.50. The predicted molar refractivity (Wildman–Crippen MR) is 102 cm³/mol. The summed E-state index contributed by atoms with van der Waals surface area (Å²) < 4.78 is 0. The Morgan fingerprint density at radius 1 is 1.22 bits per heavy atom. The number of carbonyl (C=O) groups excluding carboxylic acids is 2. The van der Waals surface area contributed by atoms with Gasteiger partial charge in [0, 0.05) is 32.6 Å². The van der Waals surface area contributed by atoms with E-state index in [1.165, 1.54) is 12.5 Å². The number of amides is 2. The smallest absolute Gasteiger partial charge is 0.320 e. The first-order valence-corrected chi connectivity index (χ1v) is 9.34. The van der Waals surface area contributed by atoms with Gasteiger partial charge >= 0.3 is 5.97 Å². The van der Waals surface area contributed by atoms with Crippen molar-refractivity contribution in [2.24, 2.45) is 0 Å². The van der Waals surface area contributed by atoms with Crippen molar-refractivity contribution in [3.05, 3.63) is 35.4 Å². The highest BCUT2D eigenvalue weighted by Gasteiger charge is 2.34. The quantitative estimate of drug-likeness (QED) is 0.645. The van der Waals surface area contributed by atoms with E-state index in [0.29, 0.717) is 19.6 Å². The first-order valence-electron chi connectivity index (χ1n) is 9.34. The molecule has 1 saturated carbocycles. The van der Waals surface area contributed by atoms with Crippen molar-refractivity contribution in [3.63, 3.8) is 0 Å². The summed E-state index contributed by atoms with van der Waals surface area (Å²) in [5.74, 6) is -1.24. The largest absolute Gasteiger partial charge is 0.480 e. The molecule has 2 N–H and O–H groups in total. The van der Waals surface area contributed by atoms with Gasteiger partial charge in [0.05, 0.1) is 6.54 Å². The van der Waals surface area contributed by atoms with Crippen LogP contribution in [0.2, 0.25) is 0 Å². The van der Waals surface area contributed by atoms with Gasteiger partial charge in [-0.3, -0.25) is 19.3 Å². The van der Waals surface area contributed by atoms with Gasteiger partial charge in [0.2, 0.25) is 11.8 Å². The van der Waals surface area contributed by atoms with Gasteiger partial charge in [0.25, 0.3) is 0 Å². The highest BCUT2D eigenvalue weighted by atomic mass is 16.4. The van der Waals surface area contributed by atoms with Crippen LogP contribution in [-0.4, -0.2) is 64.4 Å². The van der Waals surface area contributed by atoms with Gasteiger partial charge in [-0.2, -0.15) is 0 Å². The molecular formula is C20H29N3O4. The van der Waals surface area contributed by atoms with Crippen LogP contribution in [0.1, 0.15) is 37.8 Å². The Balaban J connectivity index is 2.03. The molecule has 7 heteroatoms. The van der Waals surface area contributed by atoms with Crippen LogP contribution in [0.25, 0.3) is 0 Å². The number of nitrogens with zero attached hydrogens (tertiary/aromatic N) is 2. The second-order valence-electron chi connectivity index (χ2n) is 7.21. The molecule has 27 heavy (non-hydrogen) atoms. The van der Waals surface area contributed by atoms with Crippen LogP contribution in [0.15, 0.2) is 24.3 Å². The summed E-state index contributed by atoms with van der Waals surface area (Å²) in [6.07, 6.45) is 1.97. The molecule has 2 amide bonds. The Labute approximate surface area is 160 Å². The first kappa shape index (κ1) is 20.9. The Kier molecular flexibility index (Phi) is 7.36. The molecule has 2 rings (SSSR count). The van der Waals surface area contributed by atoms with Gasteiger partial charge in [-0.05, 0) is 32.3 Å². The number of carbonyl (C=O) groups is 3. The fourth-order valence-corrected chi connectivity index (χ4v) is 2.90. The second-order valence-corrected chi connectivity index (χ2v) is 7.21. The summed E-state index contributed by atoms with van der Waals surface area (Å²) in [5, 5.41) is 12.0. The van der Waals surface area contributed by atoms with Crippen molar-refractivity contribution in [2.75, 3.05) is 19.6 Å². The van der Waals surface area contributed by atoms with Crippen LogP contribution in [0.4, 0.5) is 0 Å². The molecule has 1 fully saturated rings. The van der Waals surface area contributed by atoms with Crippen LogP contribution in [0, 0.1) is 6.92 Å². The van der Waals surface area contributed by atoms with E-state index < -0.39 is 12.0 Å². The van der Waals surface area contributed by atoms with Crippen molar-refractivity contribution in [2.45, 2.75) is 52.2 Å². The number of carboxylic acid groups (broad SMARTS) is 1. The predicted octanol–water partition coefficient (Wildman–Crippen LogP) is 1.40. The molecule has 7 nitrogen and oxygen atoms in total. The summed E-state index contributed by atoms with van der Waals surface area (Å²) in [6.45, 7) is 6.16. The molecule has 0 saturated heterocycles. The number of aliphatic carboxylic acids is 1. The molecule has 1 aliphatic carbocycles. The maximum absolute atomic E-state index is 12.9. The van der Waals surface area contributed by atoms with E-state index in [0.717, 1.165) is 18.4 Å². The number of carboxylic acids is 1. The zero-order chi connectivity index (χ0) is 20.0. The lowest BCUT2D eigenvalue weighted by atomic mass is 10.1. The third kappa shape index (κ3) is 6.67. The van der Waals surface area contributed by atoms with Crippen LogP contribution >= 0.6 is 0 Å². The molecule has 148 valence electrons. The highest BCUT2D eigenvalue weighted by Crippen LogP contribution is 2.28. The van der Waals surface area contributed by atoms with E-state index in [2.05, 4.69) is 5.32 Å². The summed E-state index contributed by atoms with van der Waals surface area (Å²) in [4.78, 5) is 38.9. The van der Waals surface area contributed by atoms with Gasteiger partial charge in [0.15, 0.2) is 0 Å². The lowest BCUT2D eigenvalue weighted by molar-refractivity contribution is -0.144. The number of benzene rings is 1. The normalized spacial score (nSPS) is 14.7. The van der Waals surface area contributed by atoms with Gasteiger partial charge < -0.3 is 15.3 Å². The molecule has 0 radical (unpaired) electrons. The van der Waals surface area contributed by atoms with Crippen LogP contribution in [0.5, 0.6) is 0 Å². The van der Waals surface area contributed by atoms with E-state index >= 15 is 0 Å². The lowest BCUT2D eigenvalue weighted by Crippen LogP contribution is -2.49. The summed E-state index contributed by atoms with van der Waals surface area (Å²) in [7, 11) is 0. The third-order valence-electron chi connectivity index (χ3n) is 4.80. The molecule has 0 bridgehead atoms. The van der Waals surface area contributed by atoms with Crippen LogP contribution in [0.3, 0.4) is 0 Å². The lowest BCUT2D eigenvalue weighted by Gasteiger charge is -2.30. The standard InChI is InChI=1S/C20H29N3O4/c1-14-4-6-17(7-5-14)12-23(18-8-9-18)19(25)13-22(15(2)20(26)27)11-10-21-16(3)24/h4-7,15,18H,8-13H2,1-3H3,(H,21,24)(H,26,27). The fraction of sp³-hybridized carbons (Fsp3) is 0.550. The molecule has 0 heterocycles. The number of aryl methyl sites for hydroxylation is 1. The summed E-state index contributed by atoms with van der Waals surface area (Å²) in [6, 6.07) is 7.52. The van der Waals surface area contributed by atoms with Gasteiger partial charge in [-0.25, -0.2) is 0 Å². The number of hydrogen-bond acceptors (Lipinski definition) is 4. The minimum absolute atomic E-state index is 0.0232. The molecular weight excluding hydrogens is 346 g/mol. The Bertz CT molecular complexity index is 670. The maximum Gasteiger partial charge on any atom is 0.320 e. The van der Waals surface area contributed by atoms with Crippen molar-refractivity contribution in [1.29, 1.82) is 0 Å². The van der Waals surface area contributed by atoms with Crippen molar-refractivity contribution in [1.82, 2.24) is 15.1 Å².